The van der Waals surface area contributed by atoms with Crippen LogP contribution < -0.4 is 16.0 Å². The second-order valence-electron chi connectivity index (χ2n) is 4.82. The molecule has 0 fully saturated rings. The van der Waals surface area contributed by atoms with E-state index in [1.807, 2.05) is 38.1 Å². The molecule has 2 atom stereocenters. The van der Waals surface area contributed by atoms with Gasteiger partial charge < -0.3 is 5.32 Å². The standard InChI is InChI=1S/C15H23N3O2/c1-5-16-15(20)18-14(19)12(4)17-11(3)13-9-7-6-8-10(13)2/h6-9,11-12,17H,5H2,1-4H3,(H2,16,18,19,20)/t11-,12+/m1/s1. The molecule has 0 unspecified atom stereocenters. The summed E-state index contributed by atoms with van der Waals surface area (Å²) in [7, 11) is 0. The number of urea groups is 1. The molecule has 20 heavy (non-hydrogen) atoms. The molecule has 3 N–H and O–H groups in total. The zero-order valence-corrected chi connectivity index (χ0v) is 12.5. The molecule has 0 saturated heterocycles. The Kier molecular flexibility index (Phi) is 6.18. The summed E-state index contributed by atoms with van der Waals surface area (Å²) in [6, 6.07) is 7.14. The summed E-state index contributed by atoms with van der Waals surface area (Å²) >= 11 is 0. The molecule has 0 aliphatic rings. The molecular formula is C15H23N3O2. The fourth-order valence-corrected chi connectivity index (χ4v) is 2.04. The van der Waals surface area contributed by atoms with Crippen LogP contribution in [0.3, 0.4) is 0 Å². The lowest BCUT2D eigenvalue weighted by atomic mass is 10.0. The maximum absolute atomic E-state index is 11.8. The largest absolute Gasteiger partial charge is 0.338 e. The Bertz CT molecular complexity index is 474. The van der Waals surface area contributed by atoms with Gasteiger partial charge in [-0.15, -0.1) is 0 Å². The van der Waals surface area contributed by atoms with Crippen LogP contribution in [0.5, 0.6) is 0 Å². The van der Waals surface area contributed by atoms with Crippen molar-refractivity contribution in [2.24, 2.45) is 0 Å². The summed E-state index contributed by atoms with van der Waals surface area (Å²) in [5.74, 6) is -0.337. The predicted molar refractivity (Wildman–Crippen MR) is 79.4 cm³/mol. The van der Waals surface area contributed by atoms with Gasteiger partial charge in [-0.2, -0.15) is 0 Å². The number of hydrogen-bond donors (Lipinski definition) is 3. The Morgan fingerprint density at radius 3 is 2.45 bits per heavy atom. The molecule has 1 aromatic carbocycles. The first-order valence-corrected chi connectivity index (χ1v) is 6.86. The van der Waals surface area contributed by atoms with E-state index < -0.39 is 12.1 Å². The van der Waals surface area contributed by atoms with E-state index in [0.717, 1.165) is 5.56 Å². The van der Waals surface area contributed by atoms with Crippen LogP contribution >= 0.6 is 0 Å². The van der Waals surface area contributed by atoms with Gasteiger partial charge >= 0.3 is 6.03 Å². The first-order chi connectivity index (χ1) is 9.45. The Balaban J connectivity index is 2.57. The van der Waals surface area contributed by atoms with Crippen molar-refractivity contribution in [3.05, 3.63) is 35.4 Å². The average molecular weight is 277 g/mol. The maximum Gasteiger partial charge on any atom is 0.321 e. The van der Waals surface area contributed by atoms with Gasteiger partial charge in [0.1, 0.15) is 0 Å². The minimum Gasteiger partial charge on any atom is -0.338 e. The lowest BCUT2D eigenvalue weighted by Gasteiger charge is -2.21. The third-order valence-corrected chi connectivity index (χ3v) is 3.12. The summed E-state index contributed by atoms with van der Waals surface area (Å²) in [6.45, 7) is 8.06. The highest BCUT2D eigenvalue weighted by molar-refractivity contribution is 5.96. The monoisotopic (exact) mass is 277 g/mol. The molecule has 1 rings (SSSR count). The summed E-state index contributed by atoms with van der Waals surface area (Å²) < 4.78 is 0. The van der Waals surface area contributed by atoms with Crippen molar-refractivity contribution in [1.82, 2.24) is 16.0 Å². The number of amides is 3. The zero-order chi connectivity index (χ0) is 15.1. The molecule has 5 nitrogen and oxygen atoms in total. The van der Waals surface area contributed by atoms with Gasteiger partial charge in [0.15, 0.2) is 0 Å². The van der Waals surface area contributed by atoms with E-state index in [1.54, 1.807) is 13.8 Å². The SMILES string of the molecule is CCNC(=O)NC(=O)[C@H](C)N[C@H](C)c1ccccc1C. The second-order valence-corrected chi connectivity index (χ2v) is 4.82. The molecule has 110 valence electrons. The van der Waals surface area contributed by atoms with Crippen LogP contribution in [0.2, 0.25) is 0 Å². The average Bonchev–Trinajstić information content (AvgIpc) is 2.39. The minimum atomic E-state index is -0.463. The van der Waals surface area contributed by atoms with Crippen LogP contribution in [0, 0.1) is 6.92 Å². The third kappa shape index (κ3) is 4.66. The molecule has 1 aromatic rings. The highest BCUT2D eigenvalue weighted by atomic mass is 16.2. The quantitative estimate of drug-likeness (QED) is 0.769. The molecular weight excluding hydrogens is 254 g/mol. The van der Waals surface area contributed by atoms with E-state index in [9.17, 15) is 9.59 Å². The smallest absolute Gasteiger partial charge is 0.321 e. The van der Waals surface area contributed by atoms with Crippen LogP contribution in [0.15, 0.2) is 24.3 Å². The molecule has 0 saturated carbocycles. The molecule has 0 aliphatic heterocycles. The van der Waals surface area contributed by atoms with Crippen LogP contribution in [0.1, 0.15) is 37.9 Å². The van der Waals surface area contributed by atoms with Gasteiger partial charge in [0.05, 0.1) is 6.04 Å². The zero-order valence-electron chi connectivity index (χ0n) is 12.5. The van der Waals surface area contributed by atoms with Crippen molar-refractivity contribution in [3.8, 4) is 0 Å². The number of aryl methyl sites for hydroxylation is 1. The fraction of sp³-hybridized carbons (Fsp3) is 0.467. The topological polar surface area (TPSA) is 70.2 Å². The van der Waals surface area contributed by atoms with Crippen LogP contribution in [0.25, 0.3) is 0 Å². The second kappa shape index (κ2) is 7.65. The fourth-order valence-electron chi connectivity index (χ4n) is 2.04. The summed E-state index contributed by atoms with van der Waals surface area (Å²) in [4.78, 5) is 23.1. The molecule has 0 aromatic heterocycles. The van der Waals surface area contributed by atoms with E-state index in [1.165, 1.54) is 5.56 Å². The number of hydrogen-bond acceptors (Lipinski definition) is 3. The summed E-state index contributed by atoms with van der Waals surface area (Å²) in [5.41, 5.74) is 2.31. The normalized spacial score (nSPS) is 13.4. The number of rotatable bonds is 5. The number of benzene rings is 1. The Morgan fingerprint density at radius 2 is 1.85 bits per heavy atom. The summed E-state index contributed by atoms with van der Waals surface area (Å²) in [6.07, 6.45) is 0. The molecule has 3 amide bonds. The van der Waals surface area contributed by atoms with Gasteiger partial charge in [0, 0.05) is 12.6 Å². The van der Waals surface area contributed by atoms with E-state index in [2.05, 4.69) is 16.0 Å². The molecule has 0 aliphatic carbocycles. The van der Waals surface area contributed by atoms with Crippen LogP contribution in [-0.4, -0.2) is 24.5 Å². The number of carbonyl (C=O) groups excluding carboxylic acids is 2. The van der Waals surface area contributed by atoms with E-state index in [-0.39, 0.29) is 11.9 Å². The van der Waals surface area contributed by atoms with Gasteiger partial charge in [-0.3, -0.25) is 15.4 Å². The third-order valence-electron chi connectivity index (χ3n) is 3.12. The minimum absolute atomic E-state index is 0.0335. The number of imide groups is 1. The van der Waals surface area contributed by atoms with Crippen molar-refractivity contribution >= 4 is 11.9 Å². The first kappa shape index (κ1) is 16.2. The Hall–Kier alpha value is -1.88. The van der Waals surface area contributed by atoms with E-state index in [4.69, 9.17) is 0 Å². The molecule has 0 bridgehead atoms. The highest BCUT2D eigenvalue weighted by Crippen LogP contribution is 2.17. The summed E-state index contributed by atoms with van der Waals surface area (Å²) in [5, 5.41) is 8.02. The van der Waals surface area contributed by atoms with E-state index in [0.29, 0.717) is 6.54 Å². The predicted octanol–water partition coefficient (Wildman–Crippen LogP) is 1.88. The lowest BCUT2D eigenvalue weighted by molar-refractivity contribution is -0.121. The van der Waals surface area contributed by atoms with Gasteiger partial charge in [0.2, 0.25) is 5.91 Å². The van der Waals surface area contributed by atoms with Gasteiger partial charge in [-0.05, 0) is 38.8 Å². The Labute approximate surface area is 120 Å². The van der Waals surface area contributed by atoms with Crippen molar-refractivity contribution in [2.45, 2.75) is 39.8 Å². The Morgan fingerprint density at radius 1 is 1.20 bits per heavy atom. The van der Waals surface area contributed by atoms with Gasteiger partial charge in [-0.1, -0.05) is 24.3 Å². The van der Waals surface area contributed by atoms with E-state index >= 15 is 0 Å². The highest BCUT2D eigenvalue weighted by Gasteiger charge is 2.18. The van der Waals surface area contributed by atoms with Crippen molar-refractivity contribution in [3.63, 3.8) is 0 Å². The molecule has 5 heteroatoms. The lowest BCUT2D eigenvalue weighted by Crippen LogP contribution is -2.48. The maximum atomic E-state index is 11.8. The molecule has 0 spiro atoms. The molecule has 0 radical (unpaired) electrons. The molecule has 0 heterocycles. The van der Waals surface area contributed by atoms with Crippen LogP contribution in [-0.2, 0) is 4.79 Å². The first-order valence-electron chi connectivity index (χ1n) is 6.86. The van der Waals surface area contributed by atoms with Crippen LogP contribution in [0.4, 0.5) is 4.79 Å². The van der Waals surface area contributed by atoms with Gasteiger partial charge in [-0.25, -0.2) is 4.79 Å². The van der Waals surface area contributed by atoms with Crippen molar-refractivity contribution < 1.29 is 9.59 Å². The number of nitrogens with one attached hydrogen (secondary N) is 3. The van der Waals surface area contributed by atoms with Gasteiger partial charge in [0.25, 0.3) is 0 Å². The van der Waals surface area contributed by atoms with Crippen molar-refractivity contribution in [1.29, 1.82) is 0 Å². The van der Waals surface area contributed by atoms with Crippen molar-refractivity contribution in [2.75, 3.05) is 6.54 Å². The number of carbonyl (C=O) groups is 2.